The van der Waals surface area contributed by atoms with Crippen LogP contribution >= 0.6 is 0 Å². The summed E-state index contributed by atoms with van der Waals surface area (Å²) in [6.07, 6.45) is 15.2. The van der Waals surface area contributed by atoms with Crippen LogP contribution in [0.15, 0.2) is 29.1 Å². The van der Waals surface area contributed by atoms with Crippen molar-refractivity contribution >= 4 is 28.8 Å². The minimum absolute atomic E-state index is 0.0672. The first-order valence-corrected chi connectivity index (χ1v) is 25.7. The molecule has 2 aromatic heterocycles. The van der Waals surface area contributed by atoms with Crippen molar-refractivity contribution in [3.05, 3.63) is 79.1 Å². The summed E-state index contributed by atoms with van der Waals surface area (Å²) in [7, 11) is 0. The number of ether oxygens (including phenoxy) is 4. The highest BCUT2D eigenvalue weighted by atomic mass is 16.6. The Labute approximate surface area is 403 Å². The van der Waals surface area contributed by atoms with Crippen molar-refractivity contribution in [2.45, 2.75) is 203 Å². The highest BCUT2D eigenvalue weighted by molar-refractivity contribution is 5.90. The summed E-state index contributed by atoms with van der Waals surface area (Å²) in [5.41, 5.74) is 5.85. The molecule has 0 saturated heterocycles. The van der Waals surface area contributed by atoms with Gasteiger partial charge >= 0.3 is 17.9 Å². The molecule has 4 aromatic rings. The van der Waals surface area contributed by atoms with Crippen LogP contribution in [0.2, 0.25) is 0 Å². The first kappa shape index (κ1) is 50.8. The van der Waals surface area contributed by atoms with Gasteiger partial charge in [0.25, 0.3) is 5.56 Å². The number of hydrogen-bond donors (Lipinski definition) is 1. The molecule has 5 heterocycles. The van der Waals surface area contributed by atoms with Gasteiger partial charge in [-0.1, -0.05) is 86.5 Å². The molecular weight excluding hydrogens is 857 g/mol. The normalized spacial score (nSPS) is 19.1. The Balaban J connectivity index is 0.890. The molecule has 0 amide bonds. The second kappa shape index (κ2) is 21.3. The molecule has 0 spiro atoms. The molecule has 0 bridgehead atoms. The molecule has 7 rings (SSSR count). The largest absolute Gasteiger partial charge is 0.487 e. The van der Waals surface area contributed by atoms with Gasteiger partial charge in [-0.3, -0.25) is 14.4 Å². The average molecular weight is 933 g/mol. The second-order valence-electron chi connectivity index (χ2n) is 21.1. The lowest BCUT2D eigenvalue weighted by Crippen LogP contribution is -2.44. The molecule has 0 radical (unpaired) electrons. The van der Waals surface area contributed by atoms with Crippen LogP contribution in [-0.4, -0.2) is 38.2 Å². The molecule has 11 nitrogen and oxygen atoms in total. The van der Waals surface area contributed by atoms with Gasteiger partial charge in [-0.25, -0.2) is 9.78 Å². The van der Waals surface area contributed by atoms with E-state index >= 15 is 0 Å². The summed E-state index contributed by atoms with van der Waals surface area (Å²) in [4.78, 5) is 57.6. The fourth-order valence-corrected chi connectivity index (χ4v) is 10.9. The van der Waals surface area contributed by atoms with Gasteiger partial charge in [-0.15, -0.1) is 0 Å². The number of fused-ring (bicyclic) bond motifs is 6. The van der Waals surface area contributed by atoms with Gasteiger partial charge in [-0.2, -0.15) is 0 Å². The van der Waals surface area contributed by atoms with Crippen LogP contribution in [0, 0.1) is 38.5 Å². The number of carbonyl (C=O) groups is 3. The van der Waals surface area contributed by atoms with Crippen LogP contribution in [0.4, 0.5) is 0 Å². The number of hydrogen-bond acceptors (Lipinski definition) is 10. The Hall–Kier alpha value is -5.03. The maximum absolute atomic E-state index is 13.7. The molecule has 3 aliphatic heterocycles. The first-order valence-electron chi connectivity index (χ1n) is 25.7. The van der Waals surface area contributed by atoms with Gasteiger partial charge in [-0.05, 0) is 143 Å². The Bertz CT molecular complexity index is 2610. The number of nitrogens with zero attached hydrogens (tertiary/aromatic N) is 2. The van der Waals surface area contributed by atoms with Gasteiger partial charge in [0, 0.05) is 34.9 Å². The Morgan fingerprint density at radius 3 is 2.15 bits per heavy atom. The molecule has 0 saturated carbocycles. The van der Waals surface area contributed by atoms with Crippen molar-refractivity contribution in [3.63, 3.8) is 0 Å². The van der Waals surface area contributed by atoms with Gasteiger partial charge in [0.2, 0.25) is 0 Å². The molecule has 2 aromatic carbocycles. The summed E-state index contributed by atoms with van der Waals surface area (Å²) in [6, 6.07) is 7.02. The Kier molecular flexibility index (Phi) is 15.9. The number of aryl methyl sites for hydroxylation is 1. The van der Waals surface area contributed by atoms with E-state index in [1.54, 1.807) is 29.7 Å². The summed E-state index contributed by atoms with van der Waals surface area (Å²) in [5.74, 6) is 2.82. The summed E-state index contributed by atoms with van der Waals surface area (Å²) in [5, 5.41) is 12.1. The highest BCUT2D eigenvalue weighted by Crippen LogP contribution is 2.46. The molecule has 0 aliphatic carbocycles. The fourth-order valence-electron chi connectivity index (χ4n) is 10.9. The van der Waals surface area contributed by atoms with E-state index in [-0.39, 0.29) is 60.7 Å². The van der Waals surface area contributed by atoms with E-state index in [4.69, 9.17) is 23.9 Å². The van der Waals surface area contributed by atoms with Crippen molar-refractivity contribution in [2.75, 3.05) is 0 Å². The maximum Gasteiger partial charge on any atom is 0.343 e. The molecule has 3 aliphatic rings. The molecule has 0 fully saturated rings. The number of esters is 3. The zero-order valence-corrected chi connectivity index (χ0v) is 42.6. The molecule has 68 heavy (non-hydrogen) atoms. The number of carbonyl (C=O) groups excluding carboxylic acids is 3. The highest BCUT2D eigenvalue weighted by Gasteiger charge is 2.45. The van der Waals surface area contributed by atoms with E-state index in [0.29, 0.717) is 47.7 Å². The van der Waals surface area contributed by atoms with Crippen LogP contribution in [0.5, 0.6) is 17.2 Å². The molecule has 11 heteroatoms. The van der Waals surface area contributed by atoms with Gasteiger partial charge in [0.05, 0.1) is 29.0 Å². The number of rotatable bonds is 21. The summed E-state index contributed by atoms with van der Waals surface area (Å²) < 4.78 is 25.5. The van der Waals surface area contributed by atoms with Gasteiger partial charge in [0.1, 0.15) is 29.5 Å². The van der Waals surface area contributed by atoms with Crippen molar-refractivity contribution in [3.8, 4) is 28.6 Å². The summed E-state index contributed by atoms with van der Waals surface area (Å²) in [6.45, 7) is 21.6. The van der Waals surface area contributed by atoms with E-state index in [9.17, 15) is 24.3 Å². The third-order valence-electron chi connectivity index (χ3n) is 15.4. The second-order valence-corrected chi connectivity index (χ2v) is 21.1. The van der Waals surface area contributed by atoms with Crippen LogP contribution in [0.25, 0.3) is 22.3 Å². The number of aliphatic hydroxyl groups is 1. The quantitative estimate of drug-likeness (QED) is 0.0429. The number of aromatic nitrogens is 2. The molecule has 4 atom stereocenters. The lowest BCUT2D eigenvalue weighted by molar-refractivity contribution is -0.172. The predicted molar refractivity (Wildman–Crippen MR) is 266 cm³/mol. The topological polar surface area (TPSA) is 143 Å². The number of pyridine rings is 2. The van der Waals surface area contributed by atoms with Crippen molar-refractivity contribution < 1.29 is 38.4 Å². The van der Waals surface area contributed by atoms with E-state index in [1.165, 1.54) is 44.9 Å². The van der Waals surface area contributed by atoms with Crippen LogP contribution in [0.3, 0.4) is 0 Å². The Morgan fingerprint density at radius 1 is 0.824 bits per heavy atom. The average Bonchev–Trinajstić information content (AvgIpc) is 3.67. The third kappa shape index (κ3) is 10.7. The fraction of sp³-hybridized carbons (Fsp3) is 0.596. The minimum Gasteiger partial charge on any atom is -0.487 e. The molecule has 1 N–H and O–H groups in total. The molecule has 1 unspecified atom stereocenters. The van der Waals surface area contributed by atoms with Crippen LogP contribution < -0.4 is 19.8 Å². The lowest BCUT2D eigenvalue weighted by atomic mass is 9.83. The van der Waals surface area contributed by atoms with Crippen molar-refractivity contribution in [1.82, 2.24) is 9.55 Å². The predicted octanol–water partition coefficient (Wildman–Crippen LogP) is 12.2. The van der Waals surface area contributed by atoms with E-state index in [0.717, 1.165) is 88.0 Å². The lowest BCUT2D eigenvalue weighted by Gasteiger charge is -2.38. The van der Waals surface area contributed by atoms with E-state index in [2.05, 4.69) is 41.5 Å². The number of cyclic esters (lactones) is 1. The third-order valence-corrected chi connectivity index (χ3v) is 15.4. The smallest absolute Gasteiger partial charge is 0.343 e. The monoisotopic (exact) mass is 933 g/mol. The zero-order chi connectivity index (χ0) is 49.1. The van der Waals surface area contributed by atoms with Crippen molar-refractivity contribution in [1.29, 1.82) is 0 Å². The van der Waals surface area contributed by atoms with Gasteiger partial charge < -0.3 is 28.6 Å². The number of unbranched alkanes of at least 4 members (excludes halogenated alkanes) is 1. The minimum atomic E-state index is -1.90. The molecule has 368 valence electrons. The Morgan fingerprint density at radius 2 is 1.49 bits per heavy atom. The van der Waals surface area contributed by atoms with Crippen molar-refractivity contribution in [2.24, 2.45) is 17.8 Å². The SMILES string of the molecule is CCc1c2c(nc3ccc(OC(=O)CCCCC(=O)Oc4c(C)c(C)c5c(c4C)CCC(C)(CCC[C@H](C)CCC[C@H](C)CCCC(C)C)O5)cc13)-c1cc3c(c(=O)n1C2)COC(=O)[C@]3(O)CC. The van der Waals surface area contributed by atoms with E-state index < -0.39 is 17.5 Å². The standard InChI is InChI=1S/C57H76N2O9/c1-11-41-43-30-40(25-26-47(43)58-51-44(41)32-59-48(51)31-46-45(54(59)62)33-65-55(63)57(46,64)12-2)66-49(60)23-13-14-24-50(61)67-52-37(7)38(8)53-42(39(52)9)27-29-56(10,68-53)28-17-22-36(6)21-16-20-35(5)19-15-18-34(3)4/h25-26,30-31,34-36,64H,11-24,27-29,32-33H2,1-10H3/t35-,36-,56?,57+/m1/s1. The summed E-state index contributed by atoms with van der Waals surface area (Å²) >= 11 is 0. The first-order chi connectivity index (χ1) is 32.4. The van der Waals surface area contributed by atoms with E-state index in [1.807, 2.05) is 26.8 Å². The zero-order valence-electron chi connectivity index (χ0n) is 42.6. The maximum atomic E-state index is 13.7. The molecular formula is C57H76N2O9. The van der Waals surface area contributed by atoms with Crippen LogP contribution in [-0.2, 0) is 50.7 Å². The number of benzene rings is 2. The van der Waals surface area contributed by atoms with Gasteiger partial charge in [0.15, 0.2) is 5.60 Å². The van der Waals surface area contributed by atoms with Crippen LogP contribution in [0.1, 0.15) is 189 Å².